The van der Waals surface area contributed by atoms with Crippen LogP contribution in [0.15, 0.2) is 17.0 Å². The van der Waals surface area contributed by atoms with E-state index < -0.39 is 32.3 Å². The van der Waals surface area contributed by atoms with Crippen LogP contribution in [0.2, 0.25) is 0 Å². The van der Waals surface area contributed by atoms with Crippen LogP contribution in [0.25, 0.3) is 0 Å². The summed E-state index contributed by atoms with van der Waals surface area (Å²) in [5.74, 6) is -2.50. The van der Waals surface area contributed by atoms with E-state index in [-0.39, 0.29) is 0 Å². The molecular formula is C6H5O6S. The molecule has 0 unspecified atom stereocenters. The zero-order valence-corrected chi connectivity index (χ0v) is 6.95. The third-order valence-corrected chi connectivity index (χ3v) is 2.20. The van der Waals surface area contributed by atoms with E-state index in [1.54, 1.807) is 0 Å². The van der Waals surface area contributed by atoms with Crippen molar-refractivity contribution in [2.24, 2.45) is 0 Å². The minimum absolute atomic E-state index is 0.539. The van der Waals surface area contributed by atoms with Crippen LogP contribution in [0, 0.1) is 0 Å². The van der Waals surface area contributed by atoms with Gasteiger partial charge >= 0.3 is 10.1 Å². The van der Waals surface area contributed by atoms with Crippen molar-refractivity contribution in [1.82, 2.24) is 0 Å². The first kappa shape index (κ1) is 9.62. The molecule has 0 heterocycles. The second-order valence-electron chi connectivity index (χ2n) is 2.27. The van der Waals surface area contributed by atoms with Gasteiger partial charge in [-0.3, -0.25) is 0 Å². The molecule has 6 nitrogen and oxygen atoms in total. The molecule has 71 valence electrons. The molecule has 0 fully saturated rings. The van der Waals surface area contributed by atoms with E-state index in [4.69, 9.17) is 15.3 Å². The Kier molecular flexibility index (Phi) is 2.06. The van der Waals surface area contributed by atoms with Crippen LogP contribution in [0.4, 0.5) is 0 Å². The molecule has 0 spiro atoms. The van der Waals surface area contributed by atoms with Gasteiger partial charge in [0.05, 0.1) is 0 Å². The van der Waals surface area contributed by atoms with Crippen LogP contribution < -0.4 is 0 Å². The van der Waals surface area contributed by atoms with Gasteiger partial charge in [0, 0.05) is 12.1 Å². The summed E-state index contributed by atoms with van der Waals surface area (Å²) in [5, 5.41) is 26.6. The van der Waals surface area contributed by atoms with E-state index in [2.05, 4.69) is 0 Å². The van der Waals surface area contributed by atoms with Gasteiger partial charge in [-0.05, 0) is 0 Å². The highest BCUT2D eigenvalue weighted by Gasteiger charge is 2.22. The molecule has 0 aliphatic carbocycles. The van der Waals surface area contributed by atoms with E-state index in [0.717, 1.165) is 0 Å². The second kappa shape index (κ2) is 2.79. The highest BCUT2D eigenvalue weighted by molar-refractivity contribution is 7.85. The molecule has 7 heteroatoms. The van der Waals surface area contributed by atoms with Gasteiger partial charge < -0.3 is 15.3 Å². The summed E-state index contributed by atoms with van der Waals surface area (Å²) >= 11 is 0. The summed E-state index contributed by atoms with van der Waals surface area (Å²) in [6.07, 6.45) is 0. The molecule has 3 N–H and O–H groups in total. The van der Waals surface area contributed by atoms with Crippen molar-refractivity contribution in [2.45, 2.75) is 4.90 Å². The smallest absolute Gasteiger partial charge is 0.331 e. The number of hydrogen-bond donors (Lipinski definition) is 3. The molecule has 1 aromatic carbocycles. The summed E-state index contributed by atoms with van der Waals surface area (Å²) in [5.41, 5.74) is 0. The number of aromatic hydroxyl groups is 3. The van der Waals surface area contributed by atoms with Gasteiger partial charge in [0.1, 0.15) is 17.2 Å². The lowest BCUT2D eigenvalue weighted by atomic mass is 10.3. The molecule has 1 radical (unpaired) electrons. The minimum Gasteiger partial charge on any atom is -0.508 e. The third kappa shape index (κ3) is 1.82. The largest absolute Gasteiger partial charge is 0.508 e. The molecule has 0 saturated heterocycles. The van der Waals surface area contributed by atoms with E-state index in [1.165, 1.54) is 0 Å². The standard InChI is InChI=1S/C6H5O6S/c7-3-1-4(8)6(5(9)2-3)13(10,11)12/h1-2,7-9H. The Hall–Kier alpha value is -1.47. The molecule has 0 bridgehead atoms. The lowest BCUT2D eigenvalue weighted by Crippen LogP contribution is -1.96. The lowest BCUT2D eigenvalue weighted by molar-refractivity contribution is 0.380. The van der Waals surface area contributed by atoms with Gasteiger partial charge in [-0.2, -0.15) is 8.42 Å². The zero-order valence-electron chi connectivity index (χ0n) is 6.13. The molecule has 0 saturated carbocycles. The average molecular weight is 205 g/mol. The molecular weight excluding hydrogens is 200 g/mol. The second-order valence-corrected chi connectivity index (χ2v) is 3.58. The maximum Gasteiger partial charge on any atom is 0.331 e. The van der Waals surface area contributed by atoms with Crippen LogP contribution in [-0.4, -0.2) is 23.7 Å². The van der Waals surface area contributed by atoms with Gasteiger partial charge in [-0.1, -0.05) is 4.55 Å². The van der Waals surface area contributed by atoms with Crippen LogP contribution in [0.1, 0.15) is 0 Å². The van der Waals surface area contributed by atoms with Crippen LogP contribution >= 0.6 is 0 Å². The van der Waals surface area contributed by atoms with Crippen molar-refractivity contribution in [1.29, 1.82) is 0 Å². The maximum absolute atomic E-state index is 10.4. The van der Waals surface area contributed by atoms with Crippen molar-refractivity contribution in [3.63, 3.8) is 0 Å². The third-order valence-electron chi connectivity index (χ3n) is 1.28. The zero-order chi connectivity index (χ0) is 10.2. The first-order valence-corrected chi connectivity index (χ1v) is 4.44. The predicted octanol–water partition coefficient (Wildman–Crippen LogP) is -0.0774. The van der Waals surface area contributed by atoms with Crippen LogP contribution in [0.3, 0.4) is 0 Å². The normalized spacial score (nSPS) is 11.5. The molecule has 0 aromatic heterocycles. The van der Waals surface area contributed by atoms with Gasteiger partial charge in [-0.15, -0.1) is 0 Å². The van der Waals surface area contributed by atoms with E-state index in [1.807, 2.05) is 0 Å². The molecule has 0 aliphatic rings. The van der Waals surface area contributed by atoms with Gasteiger partial charge in [-0.25, -0.2) is 0 Å². The fourth-order valence-electron chi connectivity index (χ4n) is 0.840. The first-order valence-electron chi connectivity index (χ1n) is 3.03. The Bertz CT molecular complexity index is 411. The van der Waals surface area contributed by atoms with Gasteiger partial charge in [0.15, 0.2) is 4.90 Å². The Morgan fingerprint density at radius 3 is 1.69 bits per heavy atom. The van der Waals surface area contributed by atoms with Crippen molar-refractivity contribution in [3.8, 4) is 17.2 Å². The van der Waals surface area contributed by atoms with E-state index in [9.17, 15) is 13.0 Å². The maximum atomic E-state index is 10.4. The number of hydrogen-bond acceptors (Lipinski definition) is 5. The Morgan fingerprint density at radius 1 is 1.00 bits per heavy atom. The quantitative estimate of drug-likeness (QED) is 0.593. The molecule has 1 aromatic rings. The minimum atomic E-state index is -4.94. The Morgan fingerprint density at radius 2 is 1.38 bits per heavy atom. The Balaban J connectivity index is 3.57. The van der Waals surface area contributed by atoms with Crippen LogP contribution in [-0.2, 0) is 14.7 Å². The predicted molar refractivity (Wildman–Crippen MR) is 39.3 cm³/mol. The molecule has 1 rings (SSSR count). The van der Waals surface area contributed by atoms with E-state index in [0.29, 0.717) is 12.1 Å². The average Bonchev–Trinajstić information content (AvgIpc) is 1.78. The Labute approximate surface area is 73.4 Å². The fourth-order valence-corrected chi connectivity index (χ4v) is 1.47. The molecule has 0 atom stereocenters. The van der Waals surface area contributed by atoms with Crippen molar-refractivity contribution >= 4 is 10.1 Å². The van der Waals surface area contributed by atoms with Gasteiger partial charge in [0.2, 0.25) is 0 Å². The number of benzene rings is 1. The van der Waals surface area contributed by atoms with Crippen LogP contribution in [0.5, 0.6) is 17.2 Å². The molecule has 0 aliphatic heterocycles. The van der Waals surface area contributed by atoms with Crippen molar-refractivity contribution in [2.75, 3.05) is 0 Å². The highest BCUT2D eigenvalue weighted by Crippen LogP contribution is 2.35. The monoisotopic (exact) mass is 205 g/mol. The molecule has 0 amide bonds. The summed E-state index contributed by atoms with van der Waals surface area (Å²) in [4.78, 5) is -1.13. The summed E-state index contributed by atoms with van der Waals surface area (Å²) < 4.78 is 31.3. The lowest BCUT2D eigenvalue weighted by Gasteiger charge is -2.02. The van der Waals surface area contributed by atoms with E-state index >= 15 is 0 Å². The fraction of sp³-hybridized carbons (Fsp3) is 0. The summed E-state index contributed by atoms with van der Waals surface area (Å²) in [6, 6.07) is 1.29. The first-order chi connectivity index (χ1) is 5.82. The SMILES string of the molecule is [O]S(=O)(=O)c1c(O)cc(O)cc1O. The number of phenols is 3. The number of rotatable bonds is 1. The summed E-state index contributed by atoms with van der Waals surface area (Å²) in [6.45, 7) is 0. The number of phenolic OH excluding ortho intramolecular Hbond substituents is 3. The van der Waals surface area contributed by atoms with Gasteiger partial charge in [0.25, 0.3) is 0 Å². The molecule has 13 heavy (non-hydrogen) atoms. The van der Waals surface area contributed by atoms with Crippen molar-refractivity contribution in [3.05, 3.63) is 12.1 Å². The van der Waals surface area contributed by atoms with Crippen molar-refractivity contribution < 1.29 is 28.3 Å². The summed E-state index contributed by atoms with van der Waals surface area (Å²) in [7, 11) is -4.94. The topological polar surface area (TPSA) is 115 Å². The highest BCUT2D eigenvalue weighted by atomic mass is 32.2.